The van der Waals surface area contributed by atoms with Gasteiger partial charge < -0.3 is 20.0 Å². The van der Waals surface area contributed by atoms with Crippen LogP contribution < -0.4 is 10.4 Å². The quantitative estimate of drug-likeness (QED) is 0.672. The summed E-state index contributed by atoms with van der Waals surface area (Å²) in [5.74, 6) is -1.54. The van der Waals surface area contributed by atoms with Gasteiger partial charge in [-0.25, -0.2) is 4.79 Å². The molecule has 0 saturated carbocycles. The molecule has 0 bridgehead atoms. The zero-order valence-corrected chi connectivity index (χ0v) is 16.6. The van der Waals surface area contributed by atoms with E-state index in [2.05, 4.69) is 5.32 Å². The lowest BCUT2D eigenvalue weighted by molar-refractivity contribution is -0.308. The number of amides is 1. The van der Waals surface area contributed by atoms with E-state index in [1.54, 1.807) is 24.3 Å². The maximum atomic E-state index is 12.4. The highest BCUT2D eigenvalue weighted by molar-refractivity contribution is 5.80. The van der Waals surface area contributed by atoms with Crippen LogP contribution in [0.4, 0.5) is 4.79 Å². The van der Waals surface area contributed by atoms with Crippen molar-refractivity contribution < 1.29 is 19.4 Å². The molecule has 6 heteroatoms. The molecule has 6 nitrogen and oxygen atoms in total. The summed E-state index contributed by atoms with van der Waals surface area (Å²) in [5.41, 5.74) is 5.37. The van der Waals surface area contributed by atoms with Gasteiger partial charge in [-0.05, 0) is 46.4 Å². The maximum absolute atomic E-state index is 12.4. The lowest BCUT2D eigenvalue weighted by atomic mass is 9.98. The summed E-state index contributed by atoms with van der Waals surface area (Å²) in [6.07, 6.45) is -0.838. The summed E-state index contributed by atoms with van der Waals surface area (Å²) in [4.78, 5) is 23.9. The van der Waals surface area contributed by atoms with Gasteiger partial charge in [-0.2, -0.15) is 5.26 Å². The average Bonchev–Trinajstić information content (AvgIpc) is 3.11. The second-order valence-electron chi connectivity index (χ2n) is 7.36. The lowest BCUT2D eigenvalue weighted by Gasteiger charge is -2.21. The number of carboxylic acids is 1. The fraction of sp³-hybridized carbons (Fsp3) is 0.160. The number of carbonyl (C=O) groups excluding carboxylic acids is 2. The molecule has 3 aromatic rings. The van der Waals surface area contributed by atoms with E-state index in [4.69, 9.17) is 10.00 Å². The summed E-state index contributed by atoms with van der Waals surface area (Å²) >= 11 is 0. The lowest BCUT2D eigenvalue weighted by Crippen LogP contribution is -2.49. The third-order valence-electron chi connectivity index (χ3n) is 5.42. The van der Waals surface area contributed by atoms with Gasteiger partial charge in [0, 0.05) is 5.92 Å². The standard InChI is InChI=1S/C25H20N2O4/c26-14-17-7-5-6-16(12-17)13-23(24(28)29)27-25(30)31-15-22-20-10-3-1-8-18(20)19-9-2-4-11-21(19)22/h1-12,22-23H,13,15H2,(H,27,30)(H,28,29)/p-1/t23-/m1/s1. The van der Waals surface area contributed by atoms with E-state index in [-0.39, 0.29) is 18.9 Å². The van der Waals surface area contributed by atoms with E-state index in [0.29, 0.717) is 11.1 Å². The van der Waals surface area contributed by atoms with Crippen molar-refractivity contribution in [2.45, 2.75) is 18.4 Å². The van der Waals surface area contributed by atoms with Gasteiger partial charge >= 0.3 is 6.09 Å². The smallest absolute Gasteiger partial charge is 0.407 e. The molecule has 0 saturated heterocycles. The summed E-state index contributed by atoms with van der Waals surface area (Å²) in [6.45, 7) is 0.0869. The van der Waals surface area contributed by atoms with Crippen molar-refractivity contribution in [3.63, 3.8) is 0 Å². The first-order chi connectivity index (χ1) is 15.1. The molecule has 1 atom stereocenters. The fourth-order valence-electron chi connectivity index (χ4n) is 3.98. The van der Waals surface area contributed by atoms with Crippen LogP contribution in [0.15, 0.2) is 72.8 Å². The molecule has 1 amide bonds. The zero-order chi connectivity index (χ0) is 21.8. The first kappa shape index (κ1) is 20.2. The molecule has 0 spiro atoms. The number of benzene rings is 3. The van der Waals surface area contributed by atoms with Gasteiger partial charge in [0.1, 0.15) is 6.61 Å². The van der Waals surface area contributed by atoms with E-state index in [1.807, 2.05) is 54.6 Å². The Morgan fingerprint density at radius 3 is 2.26 bits per heavy atom. The van der Waals surface area contributed by atoms with E-state index in [9.17, 15) is 14.7 Å². The van der Waals surface area contributed by atoms with Crippen LogP contribution in [0.2, 0.25) is 0 Å². The minimum atomic E-state index is -1.42. The topological polar surface area (TPSA) is 102 Å². The van der Waals surface area contributed by atoms with Crippen LogP contribution in [0.1, 0.15) is 28.2 Å². The number of carbonyl (C=O) groups is 2. The van der Waals surface area contributed by atoms with E-state index in [1.165, 1.54) is 0 Å². The van der Waals surface area contributed by atoms with Gasteiger partial charge in [-0.15, -0.1) is 0 Å². The Balaban J connectivity index is 1.43. The van der Waals surface area contributed by atoms with Crippen LogP contribution in [-0.4, -0.2) is 24.7 Å². The largest absolute Gasteiger partial charge is 0.548 e. The van der Waals surface area contributed by atoms with Crippen LogP contribution in [0.25, 0.3) is 11.1 Å². The van der Waals surface area contributed by atoms with Crippen LogP contribution in [0, 0.1) is 11.3 Å². The molecule has 4 rings (SSSR count). The average molecular weight is 411 g/mol. The molecular formula is C25H19N2O4-. The number of aliphatic carboxylic acids is 1. The Morgan fingerprint density at radius 2 is 1.65 bits per heavy atom. The molecule has 0 aliphatic heterocycles. The molecule has 31 heavy (non-hydrogen) atoms. The summed E-state index contributed by atoms with van der Waals surface area (Å²) in [6, 6.07) is 23.2. The molecule has 0 radical (unpaired) electrons. The fourth-order valence-corrected chi connectivity index (χ4v) is 3.98. The normalized spacial score (nSPS) is 12.9. The number of ether oxygens (including phenoxy) is 1. The number of nitrogens with zero attached hydrogens (tertiary/aromatic N) is 1. The number of nitriles is 1. The molecule has 0 aromatic heterocycles. The van der Waals surface area contributed by atoms with Crippen molar-refractivity contribution in [3.8, 4) is 17.2 Å². The zero-order valence-electron chi connectivity index (χ0n) is 16.6. The van der Waals surface area contributed by atoms with Crippen molar-refractivity contribution in [1.82, 2.24) is 5.32 Å². The maximum Gasteiger partial charge on any atom is 0.407 e. The van der Waals surface area contributed by atoms with Crippen LogP contribution in [0.5, 0.6) is 0 Å². The second-order valence-corrected chi connectivity index (χ2v) is 7.36. The van der Waals surface area contributed by atoms with Crippen molar-refractivity contribution in [2.75, 3.05) is 6.61 Å². The molecule has 3 aromatic carbocycles. The summed E-state index contributed by atoms with van der Waals surface area (Å²) in [5, 5.41) is 22.9. The third-order valence-corrected chi connectivity index (χ3v) is 5.42. The van der Waals surface area contributed by atoms with E-state index < -0.39 is 18.1 Å². The van der Waals surface area contributed by atoms with Crippen LogP contribution in [0.3, 0.4) is 0 Å². The summed E-state index contributed by atoms with van der Waals surface area (Å²) < 4.78 is 5.41. The van der Waals surface area contributed by atoms with Gasteiger partial charge in [0.25, 0.3) is 0 Å². The first-order valence-corrected chi connectivity index (χ1v) is 9.88. The van der Waals surface area contributed by atoms with Gasteiger partial charge in [-0.1, -0.05) is 60.7 Å². The highest BCUT2D eigenvalue weighted by Crippen LogP contribution is 2.44. The minimum absolute atomic E-state index is 0.0119. The molecule has 0 heterocycles. The SMILES string of the molecule is N#Cc1cccc(C[C@@H](NC(=O)OCC2c3ccccc3-c3ccccc32)C(=O)[O-])c1. The molecule has 0 unspecified atom stereocenters. The Bertz CT molecular complexity index is 1140. The van der Waals surface area contributed by atoms with Crippen molar-refractivity contribution in [1.29, 1.82) is 5.26 Å². The van der Waals surface area contributed by atoms with Crippen molar-refractivity contribution in [3.05, 3.63) is 95.1 Å². The van der Waals surface area contributed by atoms with Crippen LogP contribution >= 0.6 is 0 Å². The first-order valence-electron chi connectivity index (χ1n) is 9.88. The number of nitrogens with one attached hydrogen (secondary N) is 1. The predicted molar refractivity (Wildman–Crippen MR) is 112 cm³/mol. The van der Waals surface area contributed by atoms with E-state index in [0.717, 1.165) is 22.3 Å². The van der Waals surface area contributed by atoms with Gasteiger partial charge in [0.15, 0.2) is 0 Å². The molecule has 1 aliphatic rings. The predicted octanol–water partition coefficient (Wildman–Crippen LogP) is 2.76. The number of hydrogen-bond donors (Lipinski definition) is 1. The Morgan fingerprint density at radius 1 is 1.00 bits per heavy atom. The summed E-state index contributed by atoms with van der Waals surface area (Å²) in [7, 11) is 0. The van der Waals surface area contributed by atoms with Crippen molar-refractivity contribution >= 4 is 12.1 Å². The number of alkyl carbamates (subject to hydrolysis) is 1. The number of rotatable bonds is 6. The van der Waals surface area contributed by atoms with Crippen LogP contribution in [-0.2, 0) is 16.0 Å². The highest BCUT2D eigenvalue weighted by Gasteiger charge is 2.29. The van der Waals surface area contributed by atoms with Gasteiger partial charge in [0.05, 0.1) is 23.6 Å². The number of fused-ring (bicyclic) bond motifs is 3. The number of carboxylic acid groups (broad SMARTS) is 1. The molecule has 1 aliphatic carbocycles. The number of hydrogen-bond acceptors (Lipinski definition) is 5. The van der Waals surface area contributed by atoms with E-state index >= 15 is 0 Å². The molecule has 154 valence electrons. The highest BCUT2D eigenvalue weighted by atomic mass is 16.5. The third kappa shape index (κ3) is 4.26. The monoisotopic (exact) mass is 411 g/mol. The Kier molecular flexibility index (Phi) is 5.67. The van der Waals surface area contributed by atoms with Crippen molar-refractivity contribution in [2.24, 2.45) is 0 Å². The molecular weight excluding hydrogens is 392 g/mol. The second kappa shape index (κ2) is 8.72. The Labute approximate surface area is 179 Å². The van der Waals surface area contributed by atoms with Gasteiger partial charge in [0.2, 0.25) is 0 Å². The molecule has 1 N–H and O–H groups in total. The van der Waals surface area contributed by atoms with Gasteiger partial charge in [-0.3, -0.25) is 0 Å². The molecule has 0 fully saturated rings. The minimum Gasteiger partial charge on any atom is -0.548 e. The Hall–Kier alpha value is -4.11.